The number of ether oxygens (including phenoxy) is 1. The molecule has 0 heterocycles. The smallest absolute Gasteiger partial charge is 0.277 e. The van der Waals surface area contributed by atoms with E-state index >= 15 is 0 Å². The van der Waals surface area contributed by atoms with Gasteiger partial charge in [-0.3, -0.25) is 4.79 Å². The minimum absolute atomic E-state index is 0.141. The van der Waals surface area contributed by atoms with Gasteiger partial charge in [-0.05, 0) is 36.8 Å². The summed E-state index contributed by atoms with van der Waals surface area (Å²) in [5.41, 5.74) is 4.64. The monoisotopic (exact) mass is 293 g/mol. The van der Waals surface area contributed by atoms with Gasteiger partial charge >= 0.3 is 0 Å². The quantitative estimate of drug-likeness (QED) is 0.679. The van der Waals surface area contributed by atoms with Gasteiger partial charge < -0.3 is 4.74 Å². The number of carbonyl (C=O) groups is 1. The van der Waals surface area contributed by atoms with Crippen LogP contribution in [-0.4, -0.2) is 18.2 Å². The average Bonchev–Trinajstić information content (AvgIpc) is 2.59. The molecule has 0 fully saturated rings. The van der Waals surface area contributed by atoms with Gasteiger partial charge in [0.15, 0.2) is 6.61 Å². The molecule has 0 bridgehead atoms. The Morgan fingerprint density at radius 2 is 1.86 bits per heavy atom. The van der Waals surface area contributed by atoms with Gasteiger partial charge in [0.05, 0.1) is 17.3 Å². The number of nitriles is 1. The lowest BCUT2D eigenvalue weighted by molar-refractivity contribution is -0.123. The predicted molar refractivity (Wildman–Crippen MR) is 83.4 cm³/mol. The van der Waals surface area contributed by atoms with Crippen molar-refractivity contribution in [1.82, 2.24) is 5.43 Å². The third-order valence-corrected chi connectivity index (χ3v) is 2.89. The largest absolute Gasteiger partial charge is 0.484 e. The maximum atomic E-state index is 11.7. The molecule has 0 aliphatic heterocycles. The van der Waals surface area contributed by atoms with Crippen molar-refractivity contribution >= 4 is 11.6 Å². The Morgan fingerprint density at radius 3 is 2.50 bits per heavy atom. The van der Waals surface area contributed by atoms with E-state index in [0.29, 0.717) is 17.0 Å². The van der Waals surface area contributed by atoms with E-state index in [4.69, 9.17) is 10.00 Å². The molecule has 0 spiro atoms. The third-order valence-electron chi connectivity index (χ3n) is 2.89. The fourth-order valence-corrected chi connectivity index (χ4v) is 1.70. The molecule has 0 atom stereocenters. The van der Waals surface area contributed by atoms with Crippen LogP contribution in [0.2, 0.25) is 0 Å². The van der Waals surface area contributed by atoms with Crippen molar-refractivity contribution in [1.29, 1.82) is 5.26 Å². The van der Waals surface area contributed by atoms with Crippen LogP contribution in [-0.2, 0) is 4.79 Å². The lowest BCUT2D eigenvalue weighted by Gasteiger charge is -2.05. The summed E-state index contributed by atoms with van der Waals surface area (Å²) in [7, 11) is 0. The normalized spacial score (nSPS) is 10.6. The van der Waals surface area contributed by atoms with Crippen molar-refractivity contribution in [3.8, 4) is 11.8 Å². The van der Waals surface area contributed by atoms with E-state index in [-0.39, 0.29) is 12.5 Å². The molecule has 0 unspecified atom stereocenters. The molecule has 0 aromatic heterocycles. The summed E-state index contributed by atoms with van der Waals surface area (Å²) in [4.78, 5) is 11.7. The van der Waals surface area contributed by atoms with E-state index < -0.39 is 0 Å². The molecular weight excluding hydrogens is 278 g/mol. The van der Waals surface area contributed by atoms with Gasteiger partial charge in [-0.1, -0.05) is 30.3 Å². The number of nitrogens with zero attached hydrogens (tertiary/aromatic N) is 2. The van der Waals surface area contributed by atoms with Crippen molar-refractivity contribution in [3.63, 3.8) is 0 Å². The maximum Gasteiger partial charge on any atom is 0.277 e. The van der Waals surface area contributed by atoms with Crippen LogP contribution in [0.5, 0.6) is 5.75 Å². The minimum Gasteiger partial charge on any atom is -0.484 e. The molecule has 2 aromatic carbocycles. The molecule has 0 aliphatic carbocycles. The summed E-state index contributed by atoms with van der Waals surface area (Å²) in [6, 6.07) is 18.1. The highest BCUT2D eigenvalue weighted by Crippen LogP contribution is 2.11. The van der Waals surface area contributed by atoms with E-state index in [1.165, 1.54) is 0 Å². The predicted octanol–water partition coefficient (Wildman–Crippen LogP) is 2.48. The van der Waals surface area contributed by atoms with Crippen molar-refractivity contribution < 1.29 is 9.53 Å². The van der Waals surface area contributed by atoms with Gasteiger partial charge in [0.1, 0.15) is 5.75 Å². The van der Waals surface area contributed by atoms with Crippen LogP contribution in [0.25, 0.3) is 0 Å². The molecule has 5 nitrogen and oxygen atoms in total. The number of benzene rings is 2. The molecule has 0 radical (unpaired) electrons. The average molecular weight is 293 g/mol. The summed E-state index contributed by atoms with van der Waals surface area (Å²) in [6.07, 6.45) is 0. The zero-order chi connectivity index (χ0) is 15.8. The number of hydrogen-bond acceptors (Lipinski definition) is 4. The van der Waals surface area contributed by atoms with Crippen LogP contribution in [0, 0.1) is 11.3 Å². The van der Waals surface area contributed by atoms with E-state index in [9.17, 15) is 4.79 Å². The van der Waals surface area contributed by atoms with Crippen molar-refractivity contribution in [2.75, 3.05) is 6.61 Å². The number of rotatable bonds is 5. The summed E-state index contributed by atoms with van der Waals surface area (Å²) < 4.78 is 5.31. The maximum absolute atomic E-state index is 11.7. The standard InChI is InChI=1S/C17H15N3O2/c1-13(15-5-3-2-4-6-15)19-20-17(21)12-22-16-9-7-14(11-18)8-10-16/h2-10H,12H2,1H3,(H,20,21)/b19-13-. The number of hydrogen-bond donors (Lipinski definition) is 1. The van der Waals surface area contributed by atoms with Gasteiger partial charge in [-0.25, -0.2) is 5.43 Å². The van der Waals surface area contributed by atoms with E-state index in [1.807, 2.05) is 43.3 Å². The first-order chi connectivity index (χ1) is 10.7. The summed E-state index contributed by atoms with van der Waals surface area (Å²) in [5, 5.41) is 12.7. The molecule has 2 rings (SSSR count). The first-order valence-corrected chi connectivity index (χ1v) is 6.70. The van der Waals surface area contributed by atoms with Crippen molar-refractivity contribution in [2.24, 2.45) is 5.10 Å². The number of nitrogens with one attached hydrogen (secondary N) is 1. The van der Waals surface area contributed by atoms with Gasteiger partial charge in [0.2, 0.25) is 0 Å². The highest BCUT2D eigenvalue weighted by Gasteiger charge is 2.03. The molecule has 1 amide bonds. The first-order valence-electron chi connectivity index (χ1n) is 6.70. The summed E-state index contributed by atoms with van der Waals surface area (Å²) in [5.74, 6) is 0.178. The summed E-state index contributed by atoms with van der Waals surface area (Å²) in [6.45, 7) is 1.68. The van der Waals surface area contributed by atoms with Crippen molar-refractivity contribution in [2.45, 2.75) is 6.92 Å². The van der Waals surface area contributed by atoms with Crippen LogP contribution in [0.15, 0.2) is 59.7 Å². The Bertz CT molecular complexity index is 701. The summed E-state index contributed by atoms with van der Waals surface area (Å²) >= 11 is 0. The van der Waals surface area contributed by atoms with Gasteiger partial charge in [0, 0.05) is 0 Å². The van der Waals surface area contributed by atoms with E-state index in [1.54, 1.807) is 24.3 Å². The second kappa shape index (κ2) is 7.60. The molecule has 22 heavy (non-hydrogen) atoms. The molecule has 110 valence electrons. The Labute approximate surface area is 128 Å². The SMILES string of the molecule is C/C(=N/NC(=O)COc1ccc(C#N)cc1)c1ccccc1. The number of carbonyl (C=O) groups excluding carboxylic acids is 1. The molecule has 0 aliphatic rings. The number of amides is 1. The fraction of sp³-hybridized carbons (Fsp3) is 0.118. The van der Waals surface area contributed by atoms with Gasteiger partial charge in [0.25, 0.3) is 5.91 Å². The fourth-order valence-electron chi connectivity index (χ4n) is 1.70. The molecule has 0 saturated carbocycles. The first kappa shape index (κ1) is 15.3. The molecule has 0 saturated heterocycles. The second-order valence-corrected chi connectivity index (χ2v) is 4.52. The van der Waals surface area contributed by atoms with Crippen LogP contribution < -0.4 is 10.2 Å². The Hall–Kier alpha value is -3.13. The lowest BCUT2D eigenvalue weighted by Crippen LogP contribution is -2.25. The number of hydrazone groups is 1. The van der Waals surface area contributed by atoms with Gasteiger partial charge in [-0.15, -0.1) is 0 Å². The second-order valence-electron chi connectivity index (χ2n) is 4.52. The van der Waals surface area contributed by atoms with Crippen molar-refractivity contribution in [3.05, 3.63) is 65.7 Å². The molecular formula is C17H15N3O2. The topological polar surface area (TPSA) is 74.5 Å². The zero-order valence-corrected chi connectivity index (χ0v) is 12.1. The third kappa shape index (κ3) is 4.46. The Morgan fingerprint density at radius 1 is 1.18 bits per heavy atom. The van der Waals surface area contributed by atoms with Crippen LogP contribution >= 0.6 is 0 Å². The molecule has 5 heteroatoms. The Balaban J connectivity index is 1.84. The zero-order valence-electron chi connectivity index (χ0n) is 12.1. The van der Waals surface area contributed by atoms with Gasteiger partial charge in [-0.2, -0.15) is 10.4 Å². The molecule has 2 aromatic rings. The van der Waals surface area contributed by atoms with Crippen LogP contribution in [0.1, 0.15) is 18.1 Å². The molecule has 1 N–H and O–H groups in total. The van der Waals surface area contributed by atoms with E-state index in [0.717, 1.165) is 5.56 Å². The highest BCUT2D eigenvalue weighted by atomic mass is 16.5. The van der Waals surface area contributed by atoms with Crippen LogP contribution in [0.3, 0.4) is 0 Å². The van der Waals surface area contributed by atoms with Crippen LogP contribution in [0.4, 0.5) is 0 Å². The minimum atomic E-state index is -0.348. The lowest BCUT2D eigenvalue weighted by atomic mass is 10.1. The highest BCUT2D eigenvalue weighted by molar-refractivity contribution is 5.99. The van der Waals surface area contributed by atoms with E-state index in [2.05, 4.69) is 10.5 Å². The Kier molecular flexibility index (Phi) is 5.27.